The fourth-order valence-electron chi connectivity index (χ4n) is 3.48. The summed E-state index contributed by atoms with van der Waals surface area (Å²) >= 11 is 1.22. The van der Waals surface area contributed by atoms with E-state index in [0.717, 1.165) is 0 Å². The van der Waals surface area contributed by atoms with E-state index in [1.54, 1.807) is 46.9 Å². The number of nitrogens with zero attached hydrogens (tertiary/aromatic N) is 4. The lowest BCUT2D eigenvalue weighted by Crippen LogP contribution is -2.28. The van der Waals surface area contributed by atoms with Crippen LogP contribution in [0.4, 0.5) is 5.69 Å². The van der Waals surface area contributed by atoms with Crippen LogP contribution < -0.4 is 20.9 Å². The first kappa shape index (κ1) is 24.0. The summed E-state index contributed by atoms with van der Waals surface area (Å²) < 4.78 is 8.69. The Hall–Kier alpha value is -4.12. The number of ether oxygens (including phenoxy) is 1. The Morgan fingerprint density at radius 3 is 2.63 bits per heavy atom. The van der Waals surface area contributed by atoms with Gasteiger partial charge in [-0.2, -0.15) is 0 Å². The summed E-state index contributed by atoms with van der Waals surface area (Å²) in [6.45, 7) is 6.32. The monoisotopic (exact) mass is 492 g/mol. The summed E-state index contributed by atoms with van der Waals surface area (Å²) in [5.74, 6) is 0.574. The van der Waals surface area contributed by atoms with Gasteiger partial charge in [0, 0.05) is 18.8 Å². The van der Waals surface area contributed by atoms with Gasteiger partial charge in [0.25, 0.3) is 11.5 Å². The number of benzene rings is 2. The molecular weight excluding hydrogens is 468 g/mol. The van der Waals surface area contributed by atoms with E-state index in [-0.39, 0.29) is 29.7 Å². The van der Waals surface area contributed by atoms with Crippen molar-refractivity contribution < 1.29 is 14.3 Å². The third kappa shape index (κ3) is 5.35. The minimum absolute atomic E-state index is 0.0716. The first-order valence-corrected chi connectivity index (χ1v) is 11.9. The number of amides is 2. The number of carbonyl (C=O) groups is 2. The molecule has 180 valence electrons. The molecule has 0 aliphatic rings. The normalized spacial score (nSPS) is 10.9. The molecule has 0 atom stereocenters. The number of allylic oxidation sites excluding steroid dienone is 1. The molecule has 2 aromatic carbocycles. The van der Waals surface area contributed by atoms with Gasteiger partial charge in [0.15, 0.2) is 11.8 Å². The topological polar surface area (TPSA) is 120 Å². The maximum atomic E-state index is 12.9. The Bertz CT molecular complexity index is 1440. The molecule has 0 saturated heterocycles. The van der Waals surface area contributed by atoms with E-state index >= 15 is 0 Å². The first-order chi connectivity index (χ1) is 17.0. The smallest absolute Gasteiger partial charge is 0.263 e. The quantitative estimate of drug-likeness (QED) is 0.258. The number of aromatic nitrogens is 4. The summed E-state index contributed by atoms with van der Waals surface area (Å²) in [5.41, 5.74) is 1.09. The summed E-state index contributed by atoms with van der Waals surface area (Å²) in [5, 5.41) is 14.9. The van der Waals surface area contributed by atoms with E-state index < -0.39 is 0 Å². The van der Waals surface area contributed by atoms with Crippen molar-refractivity contribution in [2.45, 2.75) is 18.6 Å². The number of fused-ring (bicyclic) bond motifs is 3. The van der Waals surface area contributed by atoms with Crippen molar-refractivity contribution in [1.82, 2.24) is 24.5 Å². The maximum Gasteiger partial charge on any atom is 0.263 e. The van der Waals surface area contributed by atoms with Crippen LogP contribution in [0, 0.1) is 0 Å². The molecule has 0 fully saturated rings. The molecule has 2 heterocycles. The van der Waals surface area contributed by atoms with Crippen molar-refractivity contribution in [1.29, 1.82) is 0 Å². The van der Waals surface area contributed by atoms with Gasteiger partial charge in [-0.1, -0.05) is 30.0 Å². The standard InChI is InChI=1S/C24H24N6O4S/c1-3-13-29-22(33)18-7-5-6-8-19(18)30-23(29)27-28-24(30)35-15-21(32)26-16-9-11-17(12-10-16)34-14-20(31)25-4-2/h3,5-12H,1,4,13-15H2,2H3,(H,25,31)(H,26,32). The lowest BCUT2D eigenvalue weighted by Gasteiger charge is -2.10. The van der Waals surface area contributed by atoms with Crippen LogP contribution in [0.15, 0.2) is 71.1 Å². The third-order valence-electron chi connectivity index (χ3n) is 5.00. The average Bonchev–Trinajstić information content (AvgIpc) is 3.29. The van der Waals surface area contributed by atoms with Crippen LogP contribution in [0.3, 0.4) is 0 Å². The van der Waals surface area contributed by atoms with Gasteiger partial charge in [0.1, 0.15) is 5.75 Å². The van der Waals surface area contributed by atoms with Crippen molar-refractivity contribution in [3.8, 4) is 5.75 Å². The molecule has 10 nitrogen and oxygen atoms in total. The molecule has 2 aromatic heterocycles. The molecule has 0 aliphatic heterocycles. The lowest BCUT2D eigenvalue weighted by atomic mass is 10.2. The number of anilines is 1. The Morgan fingerprint density at radius 1 is 1.11 bits per heavy atom. The molecule has 11 heteroatoms. The van der Waals surface area contributed by atoms with E-state index in [9.17, 15) is 14.4 Å². The van der Waals surface area contributed by atoms with Crippen molar-refractivity contribution in [2.75, 3.05) is 24.2 Å². The summed E-state index contributed by atoms with van der Waals surface area (Å²) in [7, 11) is 0. The Kier molecular flexibility index (Phi) is 7.46. The molecule has 4 rings (SSSR count). The number of carbonyl (C=O) groups excluding carboxylic acids is 2. The van der Waals surface area contributed by atoms with Crippen LogP contribution >= 0.6 is 11.8 Å². The molecular formula is C24H24N6O4S. The highest BCUT2D eigenvalue weighted by atomic mass is 32.2. The maximum absolute atomic E-state index is 12.9. The molecule has 0 aliphatic carbocycles. The molecule has 2 amide bonds. The first-order valence-electron chi connectivity index (χ1n) is 10.9. The summed E-state index contributed by atoms with van der Waals surface area (Å²) in [6, 6.07) is 14.0. The van der Waals surface area contributed by atoms with Crippen LogP contribution in [0.25, 0.3) is 16.7 Å². The van der Waals surface area contributed by atoms with E-state index in [1.165, 1.54) is 16.3 Å². The minimum atomic E-state index is -0.230. The number of hydrogen-bond acceptors (Lipinski definition) is 7. The highest BCUT2D eigenvalue weighted by Crippen LogP contribution is 2.22. The van der Waals surface area contributed by atoms with Crippen molar-refractivity contribution in [2.24, 2.45) is 0 Å². The fraction of sp³-hybridized carbons (Fsp3) is 0.208. The lowest BCUT2D eigenvalue weighted by molar-refractivity contribution is -0.123. The number of thioether (sulfide) groups is 1. The van der Waals surface area contributed by atoms with Gasteiger partial charge in [-0.05, 0) is 43.3 Å². The molecule has 2 N–H and O–H groups in total. The largest absolute Gasteiger partial charge is 0.484 e. The van der Waals surface area contributed by atoms with E-state index in [4.69, 9.17) is 4.74 Å². The predicted molar refractivity (Wildman–Crippen MR) is 135 cm³/mol. The van der Waals surface area contributed by atoms with Gasteiger partial charge in [-0.15, -0.1) is 16.8 Å². The number of nitrogens with one attached hydrogen (secondary N) is 2. The fourth-order valence-corrected chi connectivity index (χ4v) is 4.22. The second-order valence-electron chi connectivity index (χ2n) is 7.44. The number of hydrogen-bond donors (Lipinski definition) is 2. The number of likely N-dealkylation sites (N-methyl/N-ethyl adjacent to an activating group) is 1. The van der Waals surface area contributed by atoms with Gasteiger partial charge < -0.3 is 15.4 Å². The molecule has 0 saturated carbocycles. The molecule has 0 bridgehead atoms. The Balaban J connectivity index is 1.45. The molecule has 4 aromatic rings. The van der Waals surface area contributed by atoms with Gasteiger partial charge in [0.2, 0.25) is 11.7 Å². The number of para-hydroxylation sites is 1. The predicted octanol–water partition coefficient (Wildman–Crippen LogP) is 2.48. The summed E-state index contributed by atoms with van der Waals surface area (Å²) in [4.78, 5) is 36.9. The van der Waals surface area contributed by atoms with Crippen molar-refractivity contribution >= 4 is 45.9 Å². The van der Waals surface area contributed by atoms with Crippen molar-refractivity contribution in [3.05, 3.63) is 71.5 Å². The second kappa shape index (κ2) is 10.9. The third-order valence-corrected chi connectivity index (χ3v) is 5.93. The second-order valence-corrected chi connectivity index (χ2v) is 8.39. The SMILES string of the molecule is C=CCn1c(=O)c2ccccc2n2c(SCC(=O)Nc3ccc(OCC(=O)NCC)cc3)nnc12. The molecule has 0 spiro atoms. The van der Waals surface area contributed by atoms with Gasteiger partial charge in [0.05, 0.1) is 16.7 Å². The van der Waals surface area contributed by atoms with Gasteiger partial charge >= 0.3 is 0 Å². The zero-order valence-corrected chi connectivity index (χ0v) is 19.9. The van der Waals surface area contributed by atoms with E-state index in [0.29, 0.717) is 46.4 Å². The van der Waals surface area contributed by atoms with Crippen LogP contribution in [0.1, 0.15) is 6.92 Å². The number of rotatable bonds is 10. The van der Waals surface area contributed by atoms with Crippen LogP contribution in [0.2, 0.25) is 0 Å². The summed E-state index contributed by atoms with van der Waals surface area (Å²) in [6.07, 6.45) is 1.63. The van der Waals surface area contributed by atoms with E-state index in [2.05, 4.69) is 27.4 Å². The zero-order chi connectivity index (χ0) is 24.8. The Morgan fingerprint density at radius 2 is 1.89 bits per heavy atom. The molecule has 35 heavy (non-hydrogen) atoms. The highest BCUT2D eigenvalue weighted by molar-refractivity contribution is 7.99. The highest BCUT2D eigenvalue weighted by Gasteiger charge is 2.17. The van der Waals surface area contributed by atoms with Crippen LogP contribution in [-0.2, 0) is 16.1 Å². The average molecular weight is 493 g/mol. The molecule has 0 radical (unpaired) electrons. The Labute approximate surface area is 205 Å². The van der Waals surface area contributed by atoms with Gasteiger partial charge in [-0.25, -0.2) is 0 Å². The van der Waals surface area contributed by atoms with Crippen LogP contribution in [-0.4, -0.2) is 49.9 Å². The minimum Gasteiger partial charge on any atom is -0.484 e. The zero-order valence-electron chi connectivity index (χ0n) is 19.1. The molecule has 0 unspecified atom stereocenters. The van der Waals surface area contributed by atoms with E-state index in [1.807, 2.05) is 19.1 Å². The van der Waals surface area contributed by atoms with Crippen molar-refractivity contribution in [3.63, 3.8) is 0 Å². The van der Waals surface area contributed by atoms with Gasteiger partial charge in [-0.3, -0.25) is 23.4 Å². The van der Waals surface area contributed by atoms with Crippen LogP contribution in [0.5, 0.6) is 5.75 Å².